The van der Waals surface area contributed by atoms with E-state index in [9.17, 15) is 13.6 Å². The number of halogens is 2. The molecule has 1 aliphatic heterocycles. The van der Waals surface area contributed by atoms with Crippen LogP contribution in [0.25, 0.3) is 10.6 Å². The van der Waals surface area contributed by atoms with Gasteiger partial charge in [-0.2, -0.15) is 4.39 Å². The third-order valence-corrected chi connectivity index (χ3v) is 5.03. The lowest BCUT2D eigenvalue weighted by atomic mass is 9.94. The number of thiazole rings is 1. The number of aromatic nitrogens is 2. The van der Waals surface area contributed by atoms with Gasteiger partial charge in [0.1, 0.15) is 10.6 Å². The highest BCUT2D eigenvalue weighted by molar-refractivity contribution is 7.13. The van der Waals surface area contributed by atoms with E-state index in [2.05, 4.69) is 9.97 Å². The number of carbonyl (C=O) groups excluding carboxylic acids is 1. The summed E-state index contributed by atoms with van der Waals surface area (Å²) in [5, 5.41) is 2.31. The summed E-state index contributed by atoms with van der Waals surface area (Å²) < 4.78 is 32.5. The molecular formula is C18H21F2N3O2S. The quantitative estimate of drug-likeness (QED) is 0.714. The second-order valence-electron chi connectivity index (χ2n) is 7.31. The van der Waals surface area contributed by atoms with Gasteiger partial charge in [-0.05, 0) is 33.6 Å². The maximum atomic E-state index is 13.9. The van der Waals surface area contributed by atoms with Gasteiger partial charge < -0.3 is 9.64 Å². The standard InChI is InChI=1S/C18H21F2N3O2S/c1-18(2,3)25-17(24)23-6-4-11(5-7-23)14-10-26-16(22-14)12-8-15(20)21-9-13(12)19/h8-11H,4-7H2,1-3H3. The number of nitrogens with zero attached hydrogens (tertiary/aromatic N) is 3. The minimum atomic E-state index is -0.733. The number of amides is 1. The predicted octanol–water partition coefficient (Wildman–Crippen LogP) is 4.60. The van der Waals surface area contributed by atoms with Crippen LogP contribution in [0, 0.1) is 11.8 Å². The normalized spacial score (nSPS) is 16.0. The molecule has 5 nitrogen and oxygen atoms in total. The molecule has 3 heterocycles. The van der Waals surface area contributed by atoms with Gasteiger partial charge in [-0.15, -0.1) is 11.3 Å². The number of hydrogen-bond acceptors (Lipinski definition) is 5. The van der Waals surface area contributed by atoms with E-state index < -0.39 is 17.4 Å². The number of rotatable bonds is 2. The summed E-state index contributed by atoms with van der Waals surface area (Å²) in [7, 11) is 0. The molecule has 26 heavy (non-hydrogen) atoms. The molecule has 0 bridgehead atoms. The highest BCUT2D eigenvalue weighted by Crippen LogP contribution is 2.33. The van der Waals surface area contributed by atoms with E-state index >= 15 is 0 Å². The highest BCUT2D eigenvalue weighted by Gasteiger charge is 2.28. The van der Waals surface area contributed by atoms with Gasteiger partial charge in [0.25, 0.3) is 0 Å². The van der Waals surface area contributed by atoms with Crippen molar-refractivity contribution in [2.45, 2.75) is 45.1 Å². The first-order valence-corrected chi connectivity index (χ1v) is 9.35. The van der Waals surface area contributed by atoms with Crippen molar-refractivity contribution < 1.29 is 18.3 Å². The van der Waals surface area contributed by atoms with Gasteiger partial charge in [0, 0.05) is 30.5 Å². The molecule has 0 unspecified atom stereocenters. The maximum Gasteiger partial charge on any atom is 0.410 e. The molecule has 1 amide bonds. The molecule has 0 radical (unpaired) electrons. The summed E-state index contributed by atoms with van der Waals surface area (Å²) in [6, 6.07) is 1.06. The Morgan fingerprint density at radius 3 is 2.65 bits per heavy atom. The number of likely N-dealkylation sites (tertiary alicyclic amines) is 1. The molecule has 1 fully saturated rings. The molecule has 8 heteroatoms. The minimum Gasteiger partial charge on any atom is -0.444 e. The first-order chi connectivity index (χ1) is 12.2. The highest BCUT2D eigenvalue weighted by atomic mass is 32.1. The minimum absolute atomic E-state index is 0.125. The van der Waals surface area contributed by atoms with Crippen molar-refractivity contribution in [2.24, 2.45) is 0 Å². The van der Waals surface area contributed by atoms with Crippen molar-refractivity contribution in [3.05, 3.63) is 35.1 Å². The van der Waals surface area contributed by atoms with Gasteiger partial charge in [0.2, 0.25) is 5.95 Å². The van der Waals surface area contributed by atoms with Crippen LogP contribution < -0.4 is 0 Å². The zero-order chi connectivity index (χ0) is 18.9. The zero-order valence-corrected chi connectivity index (χ0v) is 15.8. The van der Waals surface area contributed by atoms with Crippen LogP contribution in [0.2, 0.25) is 0 Å². The van der Waals surface area contributed by atoms with E-state index in [1.807, 2.05) is 26.2 Å². The first kappa shape index (κ1) is 18.7. The zero-order valence-electron chi connectivity index (χ0n) is 15.0. The lowest BCUT2D eigenvalue weighted by Gasteiger charge is -2.32. The third-order valence-electron chi connectivity index (χ3n) is 4.14. The van der Waals surface area contributed by atoms with Gasteiger partial charge in [0.05, 0.1) is 17.5 Å². The van der Waals surface area contributed by atoms with Crippen LogP contribution in [0.15, 0.2) is 17.6 Å². The number of pyridine rings is 1. The van der Waals surface area contributed by atoms with Crippen LogP contribution >= 0.6 is 11.3 Å². The molecule has 0 atom stereocenters. The SMILES string of the molecule is CC(C)(C)OC(=O)N1CCC(c2csc(-c3cc(F)ncc3F)n2)CC1. The largest absolute Gasteiger partial charge is 0.444 e. The number of ether oxygens (including phenoxy) is 1. The monoisotopic (exact) mass is 381 g/mol. The Balaban J connectivity index is 1.65. The van der Waals surface area contributed by atoms with E-state index in [-0.39, 0.29) is 17.6 Å². The molecule has 2 aromatic rings. The summed E-state index contributed by atoms with van der Waals surface area (Å²) in [4.78, 5) is 21.6. The second-order valence-corrected chi connectivity index (χ2v) is 8.16. The van der Waals surface area contributed by atoms with E-state index in [4.69, 9.17) is 4.74 Å². The fourth-order valence-electron chi connectivity index (χ4n) is 2.86. The van der Waals surface area contributed by atoms with Gasteiger partial charge in [-0.1, -0.05) is 0 Å². The molecule has 2 aromatic heterocycles. The molecule has 0 spiro atoms. The summed E-state index contributed by atoms with van der Waals surface area (Å²) in [6.07, 6.45) is 2.08. The van der Waals surface area contributed by atoms with Crippen molar-refractivity contribution in [2.75, 3.05) is 13.1 Å². The Kier molecular flexibility index (Phi) is 5.22. The maximum absolute atomic E-state index is 13.9. The molecule has 0 aliphatic carbocycles. The van der Waals surface area contributed by atoms with Crippen molar-refractivity contribution in [1.82, 2.24) is 14.9 Å². The lowest BCUT2D eigenvalue weighted by Crippen LogP contribution is -2.41. The predicted molar refractivity (Wildman–Crippen MR) is 95.0 cm³/mol. The van der Waals surface area contributed by atoms with Crippen LogP contribution in [-0.4, -0.2) is 39.7 Å². The van der Waals surface area contributed by atoms with Crippen molar-refractivity contribution in [3.63, 3.8) is 0 Å². The van der Waals surface area contributed by atoms with Crippen LogP contribution in [0.5, 0.6) is 0 Å². The molecule has 3 rings (SSSR count). The van der Waals surface area contributed by atoms with Crippen LogP contribution in [0.3, 0.4) is 0 Å². The van der Waals surface area contributed by atoms with E-state index in [0.717, 1.165) is 30.8 Å². The molecule has 0 saturated carbocycles. The summed E-state index contributed by atoms with van der Waals surface area (Å²) in [6.45, 7) is 6.70. The third kappa shape index (κ3) is 4.35. The molecule has 1 aliphatic rings. The van der Waals surface area contributed by atoms with Gasteiger partial charge in [-0.3, -0.25) is 0 Å². The fourth-order valence-corrected chi connectivity index (χ4v) is 3.78. The summed E-state index contributed by atoms with van der Waals surface area (Å²) in [5.41, 5.74) is 0.465. The molecular weight excluding hydrogens is 360 g/mol. The second kappa shape index (κ2) is 7.26. The Morgan fingerprint density at radius 1 is 1.31 bits per heavy atom. The summed E-state index contributed by atoms with van der Waals surface area (Å²) in [5.74, 6) is -1.13. The van der Waals surface area contributed by atoms with Gasteiger partial charge >= 0.3 is 6.09 Å². The Bertz CT molecular complexity index is 796. The van der Waals surface area contributed by atoms with Crippen LogP contribution in [0.1, 0.15) is 45.2 Å². The van der Waals surface area contributed by atoms with Crippen LogP contribution in [0.4, 0.5) is 13.6 Å². The Labute approximate surface area is 155 Å². The molecule has 0 N–H and O–H groups in total. The smallest absolute Gasteiger partial charge is 0.410 e. The summed E-state index contributed by atoms with van der Waals surface area (Å²) >= 11 is 1.28. The molecule has 0 aromatic carbocycles. The van der Waals surface area contributed by atoms with Gasteiger partial charge in [-0.25, -0.2) is 19.2 Å². The Morgan fingerprint density at radius 2 is 2.00 bits per heavy atom. The topological polar surface area (TPSA) is 55.3 Å². The number of carbonyl (C=O) groups is 1. The van der Waals surface area contributed by atoms with Gasteiger partial charge in [0.15, 0.2) is 5.82 Å². The average molecular weight is 381 g/mol. The van der Waals surface area contributed by atoms with Crippen LogP contribution in [-0.2, 0) is 4.74 Å². The van der Waals surface area contributed by atoms with Crippen molar-refractivity contribution >= 4 is 17.4 Å². The number of hydrogen-bond donors (Lipinski definition) is 0. The average Bonchev–Trinajstić information content (AvgIpc) is 3.05. The van der Waals surface area contributed by atoms with Crippen molar-refractivity contribution in [3.8, 4) is 10.6 Å². The number of piperidine rings is 1. The fraction of sp³-hybridized carbons (Fsp3) is 0.500. The Hall–Kier alpha value is -2.09. The molecule has 1 saturated heterocycles. The lowest BCUT2D eigenvalue weighted by molar-refractivity contribution is 0.0204. The first-order valence-electron chi connectivity index (χ1n) is 8.48. The molecule has 140 valence electrons. The van der Waals surface area contributed by atoms with E-state index in [1.54, 1.807) is 4.90 Å². The van der Waals surface area contributed by atoms with Crippen molar-refractivity contribution in [1.29, 1.82) is 0 Å². The van der Waals surface area contributed by atoms with E-state index in [1.165, 1.54) is 11.3 Å². The van der Waals surface area contributed by atoms with E-state index in [0.29, 0.717) is 18.1 Å².